The highest BCUT2D eigenvalue weighted by Gasteiger charge is 2.29. The number of nitrogens with zero attached hydrogens (tertiary/aromatic N) is 3. The lowest BCUT2D eigenvalue weighted by Gasteiger charge is -2.22. The van der Waals surface area contributed by atoms with Gasteiger partial charge in [0.1, 0.15) is 6.61 Å². The molecule has 0 radical (unpaired) electrons. The summed E-state index contributed by atoms with van der Waals surface area (Å²) in [4.78, 5) is 18.0. The fourth-order valence-corrected chi connectivity index (χ4v) is 4.74. The summed E-state index contributed by atoms with van der Waals surface area (Å²) in [6, 6.07) is 6.91. The molecule has 1 fully saturated rings. The highest BCUT2D eigenvalue weighted by Crippen LogP contribution is 2.25. The van der Waals surface area contributed by atoms with E-state index < -0.39 is 10.0 Å². The van der Waals surface area contributed by atoms with Crippen LogP contribution in [0.1, 0.15) is 6.42 Å². The number of hydrogen-bond acceptors (Lipinski definition) is 5. The largest absolute Gasteiger partial charge is 0.375 e. The molecule has 8 heteroatoms. The number of pyridine rings is 1. The third-order valence-corrected chi connectivity index (χ3v) is 6.29. The summed E-state index contributed by atoms with van der Waals surface area (Å²) in [6.07, 6.45) is 3.85. The molecular weight excluding hydrogens is 342 g/mol. The van der Waals surface area contributed by atoms with Gasteiger partial charge in [0.15, 0.2) is 0 Å². The molecule has 3 rings (SSSR count). The summed E-state index contributed by atoms with van der Waals surface area (Å²) in [5.74, 6) is -0.113. The van der Waals surface area contributed by atoms with E-state index in [9.17, 15) is 13.2 Å². The fourth-order valence-electron chi connectivity index (χ4n) is 3.06. The molecule has 1 aliphatic heterocycles. The molecule has 0 unspecified atom stereocenters. The van der Waals surface area contributed by atoms with E-state index in [1.54, 1.807) is 35.5 Å². The molecule has 1 aliphatic rings. The molecule has 0 aliphatic carbocycles. The molecule has 1 saturated heterocycles. The van der Waals surface area contributed by atoms with Crippen LogP contribution >= 0.6 is 0 Å². The maximum absolute atomic E-state index is 13.1. The van der Waals surface area contributed by atoms with Gasteiger partial charge >= 0.3 is 0 Å². The highest BCUT2D eigenvalue weighted by atomic mass is 32.2. The second-order valence-corrected chi connectivity index (χ2v) is 7.83. The number of aromatic nitrogens is 1. The number of sulfonamides is 1. The Kier molecular flexibility index (Phi) is 5.31. The summed E-state index contributed by atoms with van der Waals surface area (Å²) in [5, 5.41) is 1.45. The third kappa shape index (κ3) is 3.65. The Balaban J connectivity index is 1.86. The second kappa shape index (κ2) is 7.47. The van der Waals surface area contributed by atoms with Crippen LogP contribution in [-0.4, -0.2) is 68.4 Å². The summed E-state index contributed by atoms with van der Waals surface area (Å²) < 4.78 is 32.6. The first-order valence-electron chi connectivity index (χ1n) is 8.13. The van der Waals surface area contributed by atoms with Gasteiger partial charge in [-0.1, -0.05) is 12.1 Å². The fraction of sp³-hybridized carbons (Fsp3) is 0.412. The molecule has 0 spiro atoms. The van der Waals surface area contributed by atoms with E-state index in [1.807, 2.05) is 6.07 Å². The number of carbonyl (C=O) groups excluding carboxylic acids is 1. The second-order valence-electron chi connectivity index (χ2n) is 5.92. The van der Waals surface area contributed by atoms with Crippen LogP contribution in [0.4, 0.5) is 0 Å². The van der Waals surface area contributed by atoms with Crippen LogP contribution in [-0.2, 0) is 19.6 Å². The standard InChI is InChI=1S/C17H21N3O4S/c1-24-13-17(21)19-8-3-9-20(11-10-19)25(22,23)16-5-2-4-14-12-18-7-6-15(14)16/h2,4-7,12H,3,8-11,13H2,1H3. The van der Waals surface area contributed by atoms with Gasteiger partial charge in [-0.3, -0.25) is 9.78 Å². The predicted molar refractivity (Wildman–Crippen MR) is 93.6 cm³/mol. The molecule has 2 heterocycles. The lowest BCUT2D eigenvalue weighted by molar-refractivity contribution is -0.134. The van der Waals surface area contributed by atoms with Crippen LogP contribution in [0.2, 0.25) is 0 Å². The molecule has 7 nitrogen and oxygen atoms in total. The van der Waals surface area contributed by atoms with E-state index in [0.29, 0.717) is 31.4 Å². The van der Waals surface area contributed by atoms with Gasteiger partial charge in [-0.05, 0) is 18.6 Å². The zero-order valence-electron chi connectivity index (χ0n) is 14.1. The summed E-state index contributed by atoms with van der Waals surface area (Å²) >= 11 is 0. The van der Waals surface area contributed by atoms with Crippen molar-refractivity contribution in [2.75, 3.05) is 39.9 Å². The van der Waals surface area contributed by atoms with Gasteiger partial charge in [0.05, 0.1) is 4.90 Å². The van der Waals surface area contributed by atoms with Gasteiger partial charge in [0.2, 0.25) is 15.9 Å². The van der Waals surface area contributed by atoms with E-state index in [-0.39, 0.29) is 24.0 Å². The van der Waals surface area contributed by atoms with Crippen molar-refractivity contribution >= 4 is 26.7 Å². The molecule has 0 bridgehead atoms. The van der Waals surface area contributed by atoms with Crippen LogP contribution in [0, 0.1) is 0 Å². The zero-order valence-corrected chi connectivity index (χ0v) is 14.9. The molecule has 1 aromatic heterocycles. The number of rotatable bonds is 4. The Bertz CT molecular complexity index is 864. The van der Waals surface area contributed by atoms with Crippen LogP contribution in [0.25, 0.3) is 10.8 Å². The molecule has 0 N–H and O–H groups in total. The van der Waals surface area contributed by atoms with E-state index in [1.165, 1.54) is 11.4 Å². The third-order valence-electron chi connectivity index (χ3n) is 4.33. The predicted octanol–water partition coefficient (Wildman–Crippen LogP) is 1.10. The molecule has 25 heavy (non-hydrogen) atoms. The van der Waals surface area contributed by atoms with Gasteiger partial charge < -0.3 is 9.64 Å². The SMILES string of the molecule is COCC(=O)N1CCCN(S(=O)(=O)c2cccc3cnccc23)CC1. The Morgan fingerprint density at radius 1 is 1.20 bits per heavy atom. The average Bonchev–Trinajstić information content (AvgIpc) is 2.88. The van der Waals surface area contributed by atoms with Crippen LogP contribution < -0.4 is 0 Å². The lowest BCUT2D eigenvalue weighted by Crippen LogP contribution is -2.38. The minimum absolute atomic E-state index is 0.0169. The van der Waals surface area contributed by atoms with Crippen LogP contribution in [0.3, 0.4) is 0 Å². The number of benzene rings is 1. The van der Waals surface area contributed by atoms with Crippen molar-refractivity contribution in [2.24, 2.45) is 0 Å². The number of fused-ring (bicyclic) bond motifs is 1. The minimum atomic E-state index is -3.64. The van der Waals surface area contributed by atoms with Crippen LogP contribution in [0.5, 0.6) is 0 Å². The molecule has 1 amide bonds. The number of methoxy groups -OCH3 is 1. The first-order valence-corrected chi connectivity index (χ1v) is 9.57. The van der Waals surface area contributed by atoms with Crippen molar-refractivity contribution in [3.63, 3.8) is 0 Å². The van der Waals surface area contributed by atoms with Gasteiger partial charge in [-0.15, -0.1) is 0 Å². The zero-order chi connectivity index (χ0) is 17.9. The van der Waals surface area contributed by atoms with E-state index in [0.717, 1.165) is 5.39 Å². The van der Waals surface area contributed by atoms with E-state index in [4.69, 9.17) is 4.74 Å². The van der Waals surface area contributed by atoms with Crippen molar-refractivity contribution < 1.29 is 17.9 Å². The quantitative estimate of drug-likeness (QED) is 0.813. The van der Waals surface area contributed by atoms with Gasteiger partial charge in [-0.25, -0.2) is 8.42 Å². The topological polar surface area (TPSA) is 79.8 Å². The normalized spacial score (nSPS) is 16.8. The number of amides is 1. The maximum Gasteiger partial charge on any atom is 0.248 e. The van der Waals surface area contributed by atoms with E-state index >= 15 is 0 Å². The molecular formula is C17H21N3O4S. The van der Waals surface area contributed by atoms with Gasteiger partial charge in [0.25, 0.3) is 0 Å². The molecule has 0 atom stereocenters. The summed E-state index contributed by atoms with van der Waals surface area (Å²) in [5.41, 5.74) is 0. The highest BCUT2D eigenvalue weighted by molar-refractivity contribution is 7.89. The number of hydrogen-bond donors (Lipinski definition) is 0. The van der Waals surface area contributed by atoms with Crippen molar-refractivity contribution in [2.45, 2.75) is 11.3 Å². The van der Waals surface area contributed by atoms with Crippen molar-refractivity contribution in [1.29, 1.82) is 0 Å². The first-order chi connectivity index (χ1) is 12.0. The summed E-state index contributed by atoms with van der Waals surface area (Å²) in [7, 11) is -2.16. The average molecular weight is 363 g/mol. The van der Waals surface area contributed by atoms with Crippen molar-refractivity contribution in [3.05, 3.63) is 36.7 Å². The number of ether oxygens (including phenoxy) is 1. The smallest absolute Gasteiger partial charge is 0.248 e. The lowest BCUT2D eigenvalue weighted by atomic mass is 10.2. The summed E-state index contributed by atoms with van der Waals surface area (Å²) in [6.45, 7) is 1.59. The molecule has 0 saturated carbocycles. The Morgan fingerprint density at radius 2 is 2.04 bits per heavy atom. The molecule has 2 aromatic rings. The van der Waals surface area contributed by atoms with Crippen LogP contribution in [0.15, 0.2) is 41.6 Å². The Labute approximate surface area is 147 Å². The molecule has 134 valence electrons. The van der Waals surface area contributed by atoms with Gasteiger partial charge in [-0.2, -0.15) is 4.31 Å². The van der Waals surface area contributed by atoms with E-state index in [2.05, 4.69) is 4.98 Å². The Morgan fingerprint density at radius 3 is 2.84 bits per heavy atom. The molecule has 1 aromatic carbocycles. The number of carbonyl (C=O) groups is 1. The monoisotopic (exact) mass is 363 g/mol. The Hall–Kier alpha value is -2.03. The van der Waals surface area contributed by atoms with Crippen molar-refractivity contribution in [3.8, 4) is 0 Å². The van der Waals surface area contributed by atoms with Gasteiger partial charge in [0, 0.05) is 56.5 Å². The maximum atomic E-state index is 13.1. The minimum Gasteiger partial charge on any atom is -0.375 e. The van der Waals surface area contributed by atoms with Crippen molar-refractivity contribution in [1.82, 2.24) is 14.2 Å². The first kappa shape index (κ1) is 17.8.